The molecule has 0 aliphatic rings. The normalized spacial score (nSPS) is 11.4. The van der Waals surface area contributed by atoms with Gasteiger partial charge in [-0.1, -0.05) is 11.6 Å². The molecule has 0 atom stereocenters. The van der Waals surface area contributed by atoms with Crippen LogP contribution >= 0.6 is 11.6 Å². The van der Waals surface area contributed by atoms with Crippen LogP contribution in [-0.2, 0) is 0 Å². The van der Waals surface area contributed by atoms with Gasteiger partial charge < -0.3 is 11.1 Å². The largest absolute Gasteiger partial charge is 0.373 e. The van der Waals surface area contributed by atoms with Gasteiger partial charge in [0, 0.05) is 24.2 Å². The number of halogens is 2. The van der Waals surface area contributed by atoms with Crippen LogP contribution in [0.15, 0.2) is 12.1 Å². The third-order valence-electron chi connectivity index (χ3n) is 2.22. The van der Waals surface area contributed by atoms with Crippen LogP contribution in [0.3, 0.4) is 0 Å². The number of rotatable bonds is 4. The minimum Gasteiger partial charge on any atom is -0.373 e. The Labute approximate surface area is 103 Å². The van der Waals surface area contributed by atoms with Gasteiger partial charge in [-0.15, -0.1) is 0 Å². The van der Waals surface area contributed by atoms with Crippen LogP contribution in [-0.4, -0.2) is 17.0 Å². The predicted octanol–water partition coefficient (Wildman–Crippen LogP) is 2.54. The molecule has 3 N–H and O–H groups in total. The van der Waals surface area contributed by atoms with Crippen molar-refractivity contribution in [1.29, 1.82) is 0 Å². The summed E-state index contributed by atoms with van der Waals surface area (Å²) >= 11 is 5.50. The lowest BCUT2D eigenvalue weighted by atomic mass is 10.1. The second-order valence-electron chi connectivity index (χ2n) is 4.25. The minimum atomic E-state index is -0.715. The fourth-order valence-corrected chi connectivity index (χ4v) is 1.36. The lowest BCUT2D eigenvalue weighted by Gasteiger charge is -2.25. The molecule has 0 aromatic heterocycles. The van der Waals surface area contributed by atoms with Crippen molar-refractivity contribution in [2.45, 2.75) is 19.4 Å². The molecular formula is C10H13ClFN3O2. The fraction of sp³-hybridized carbons (Fsp3) is 0.400. The van der Waals surface area contributed by atoms with E-state index >= 15 is 0 Å². The lowest BCUT2D eigenvalue weighted by Crippen LogP contribution is -2.39. The zero-order chi connectivity index (χ0) is 13.2. The third kappa shape index (κ3) is 3.28. The van der Waals surface area contributed by atoms with E-state index in [0.717, 1.165) is 12.1 Å². The molecule has 1 aromatic rings. The second kappa shape index (κ2) is 4.85. The van der Waals surface area contributed by atoms with Gasteiger partial charge in [0.05, 0.1) is 9.95 Å². The van der Waals surface area contributed by atoms with E-state index in [4.69, 9.17) is 17.3 Å². The van der Waals surface area contributed by atoms with E-state index in [0.29, 0.717) is 0 Å². The topological polar surface area (TPSA) is 81.2 Å². The van der Waals surface area contributed by atoms with Crippen molar-refractivity contribution in [2.75, 3.05) is 11.9 Å². The van der Waals surface area contributed by atoms with E-state index in [-0.39, 0.29) is 22.9 Å². The molecule has 0 spiro atoms. The molecule has 0 aliphatic heterocycles. The summed E-state index contributed by atoms with van der Waals surface area (Å²) in [6.07, 6.45) is 0. The molecule has 0 saturated carbocycles. The van der Waals surface area contributed by atoms with Crippen LogP contribution in [0.2, 0.25) is 5.02 Å². The maximum atomic E-state index is 13.3. The monoisotopic (exact) mass is 261 g/mol. The van der Waals surface area contributed by atoms with Crippen molar-refractivity contribution < 1.29 is 9.31 Å². The summed E-state index contributed by atoms with van der Waals surface area (Å²) in [6, 6.07) is 1.98. The highest BCUT2D eigenvalue weighted by atomic mass is 35.5. The Hall–Kier alpha value is -1.40. The number of nitro groups is 1. The van der Waals surface area contributed by atoms with E-state index < -0.39 is 16.3 Å². The number of anilines is 1. The number of benzene rings is 1. The highest BCUT2D eigenvalue weighted by Gasteiger charge is 2.23. The highest BCUT2D eigenvalue weighted by Crippen LogP contribution is 2.31. The van der Waals surface area contributed by atoms with Gasteiger partial charge in [-0.3, -0.25) is 10.1 Å². The van der Waals surface area contributed by atoms with Crippen molar-refractivity contribution in [3.63, 3.8) is 0 Å². The van der Waals surface area contributed by atoms with Gasteiger partial charge in [0.2, 0.25) is 0 Å². The Balaban J connectivity index is 3.22. The smallest absolute Gasteiger partial charge is 0.294 e. The van der Waals surface area contributed by atoms with E-state index in [2.05, 4.69) is 5.32 Å². The standard InChI is InChI=1S/C10H13ClFN3O2/c1-10(2,5-13)14-8-4-7(12)6(11)3-9(8)15(16)17/h3-4,14H,5,13H2,1-2H3. The van der Waals surface area contributed by atoms with Gasteiger partial charge in [0.25, 0.3) is 5.69 Å². The van der Waals surface area contributed by atoms with Crippen LogP contribution in [0, 0.1) is 15.9 Å². The first-order valence-electron chi connectivity index (χ1n) is 4.88. The molecule has 0 radical (unpaired) electrons. The van der Waals surface area contributed by atoms with E-state index in [9.17, 15) is 14.5 Å². The Kier molecular flexibility index (Phi) is 3.90. The summed E-state index contributed by atoms with van der Waals surface area (Å²) < 4.78 is 13.3. The molecule has 0 amide bonds. The fourth-order valence-electron chi connectivity index (χ4n) is 1.20. The number of hydrogen-bond acceptors (Lipinski definition) is 4. The molecule has 0 fully saturated rings. The molecule has 0 heterocycles. The quantitative estimate of drug-likeness (QED) is 0.645. The molecule has 7 heteroatoms. The number of nitrogens with one attached hydrogen (secondary N) is 1. The molecule has 0 saturated heterocycles. The molecule has 0 aliphatic carbocycles. The molecule has 0 bridgehead atoms. The van der Waals surface area contributed by atoms with Crippen LogP contribution in [0.5, 0.6) is 0 Å². The van der Waals surface area contributed by atoms with Gasteiger partial charge in [0.15, 0.2) is 0 Å². The maximum Gasteiger partial charge on any atom is 0.294 e. The zero-order valence-corrected chi connectivity index (χ0v) is 10.2. The van der Waals surface area contributed by atoms with Gasteiger partial charge in [-0.25, -0.2) is 4.39 Å². The van der Waals surface area contributed by atoms with Crippen molar-refractivity contribution >= 4 is 23.0 Å². The van der Waals surface area contributed by atoms with Gasteiger partial charge in [-0.2, -0.15) is 0 Å². The number of nitro benzene ring substituents is 1. The molecule has 1 aromatic carbocycles. The van der Waals surface area contributed by atoms with E-state index in [1.165, 1.54) is 0 Å². The first kappa shape index (κ1) is 13.7. The molecule has 0 unspecified atom stereocenters. The average Bonchev–Trinajstić information content (AvgIpc) is 2.22. The van der Waals surface area contributed by atoms with Crippen LogP contribution in [0.25, 0.3) is 0 Å². The summed E-state index contributed by atoms with van der Waals surface area (Å²) in [5.41, 5.74) is 4.70. The Morgan fingerprint density at radius 1 is 1.59 bits per heavy atom. The first-order valence-corrected chi connectivity index (χ1v) is 5.26. The summed E-state index contributed by atoms with van der Waals surface area (Å²) in [6.45, 7) is 3.75. The highest BCUT2D eigenvalue weighted by molar-refractivity contribution is 6.31. The van der Waals surface area contributed by atoms with E-state index in [1.807, 2.05) is 0 Å². The van der Waals surface area contributed by atoms with Gasteiger partial charge in [-0.05, 0) is 13.8 Å². The molecule has 17 heavy (non-hydrogen) atoms. The lowest BCUT2D eigenvalue weighted by molar-refractivity contribution is -0.384. The van der Waals surface area contributed by atoms with Crippen LogP contribution in [0.4, 0.5) is 15.8 Å². The van der Waals surface area contributed by atoms with Crippen molar-refractivity contribution in [1.82, 2.24) is 0 Å². The molecule has 94 valence electrons. The number of hydrogen-bond donors (Lipinski definition) is 2. The Bertz CT molecular complexity index is 451. The second-order valence-corrected chi connectivity index (χ2v) is 4.66. The minimum absolute atomic E-state index is 0.0624. The van der Waals surface area contributed by atoms with Crippen LogP contribution in [0.1, 0.15) is 13.8 Å². The molecule has 5 nitrogen and oxygen atoms in total. The van der Waals surface area contributed by atoms with Crippen LogP contribution < -0.4 is 11.1 Å². The summed E-state index contributed by atoms with van der Waals surface area (Å²) in [5.74, 6) is -0.715. The van der Waals surface area contributed by atoms with Gasteiger partial charge in [0.1, 0.15) is 11.5 Å². The maximum absolute atomic E-state index is 13.3. The van der Waals surface area contributed by atoms with Crippen molar-refractivity contribution in [3.8, 4) is 0 Å². The molecular weight excluding hydrogens is 249 g/mol. The zero-order valence-electron chi connectivity index (χ0n) is 9.46. The third-order valence-corrected chi connectivity index (χ3v) is 2.51. The SMILES string of the molecule is CC(C)(CN)Nc1cc(F)c(Cl)cc1[N+](=O)[O-]. The summed E-state index contributed by atoms with van der Waals surface area (Å²) in [4.78, 5) is 10.2. The predicted molar refractivity (Wildman–Crippen MR) is 64.8 cm³/mol. The average molecular weight is 262 g/mol. The number of nitrogens with zero attached hydrogens (tertiary/aromatic N) is 1. The summed E-state index contributed by atoms with van der Waals surface area (Å²) in [5, 5.41) is 13.3. The Morgan fingerprint density at radius 2 is 2.18 bits per heavy atom. The molecule has 1 rings (SSSR count). The van der Waals surface area contributed by atoms with Gasteiger partial charge >= 0.3 is 0 Å². The van der Waals surface area contributed by atoms with Crippen molar-refractivity contribution in [3.05, 3.63) is 33.1 Å². The Morgan fingerprint density at radius 3 is 2.65 bits per heavy atom. The first-order chi connectivity index (χ1) is 7.76. The number of nitrogens with two attached hydrogens (primary N) is 1. The van der Waals surface area contributed by atoms with E-state index in [1.54, 1.807) is 13.8 Å². The summed E-state index contributed by atoms with van der Waals surface area (Å²) in [7, 11) is 0. The van der Waals surface area contributed by atoms with Crippen molar-refractivity contribution in [2.24, 2.45) is 5.73 Å².